The van der Waals surface area contributed by atoms with Crippen LogP contribution < -0.4 is 5.73 Å². The van der Waals surface area contributed by atoms with Crippen LogP contribution in [0.15, 0.2) is 0 Å². The summed E-state index contributed by atoms with van der Waals surface area (Å²) in [4.78, 5) is 10.0. The zero-order valence-electron chi connectivity index (χ0n) is 3.55. The van der Waals surface area contributed by atoms with Crippen LogP contribution in [0.2, 0.25) is 0 Å². The number of hydrogen-bond acceptors (Lipinski definition) is 4. The maximum absolute atomic E-state index is 10.0. The zero-order chi connectivity index (χ0) is 5.70. The van der Waals surface area contributed by atoms with Crippen LogP contribution in [0.1, 0.15) is 0 Å². The number of nitriles is 1. The lowest BCUT2D eigenvalue weighted by Crippen LogP contribution is -2.07. The number of carbonyl (C=O) groups excluding carboxylic acids is 1. The van der Waals surface area contributed by atoms with Gasteiger partial charge in [0.1, 0.15) is 5.40 Å². The topological polar surface area (TPSA) is 66.9 Å². The molecular weight excluding hydrogens is 112 g/mol. The van der Waals surface area contributed by atoms with Gasteiger partial charge in [0.2, 0.25) is 5.12 Å². The Hall–Kier alpha value is -0.530. The Morgan fingerprint density at radius 1 is 2.00 bits per heavy atom. The SMILES string of the molecule is N#CSC(=O)CN. The summed E-state index contributed by atoms with van der Waals surface area (Å²) in [6.07, 6.45) is 0. The third-order valence-electron chi connectivity index (χ3n) is 0.326. The van der Waals surface area contributed by atoms with E-state index in [0.29, 0.717) is 11.8 Å². The summed E-state index contributed by atoms with van der Waals surface area (Å²) < 4.78 is 0. The molecule has 0 aromatic carbocycles. The summed E-state index contributed by atoms with van der Waals surface area (Å²) >= 11 is 0.573. The number of nitrogens with zero attached hydrogens (tertiary/aromatic N) is 1. The van der Waals surface area contributed by atoms with Gasteiger partial charge in [0.25, 0.3) is 0 Å². The van der Waals surface area contributed by atoms with E-state index in [0.717, 1.165) is 0 Å². The lowest BCUT2D eigenvalue weighted by atomic mass is 10.8. The smallest absolute Gasteiger partial charge is 0.216 e. The van der Waals surface area contributed by atoms with Crippen molar-refractivity contribution in [3.63, 3.8) is 0 Å². The molecule has 38 valence electrons. The van der Waals surface area contributed by atoms with Crippen molar-refractivity contribution in [2.75, 3.05) is 6.54 Å². The Balaban J connectivity index is 3.23. The second-order valence-electron chi connectivity index (χ2n) is 0.769. The van der Waals surface area contributed by atoms with E-state index in [4.69, 9.17) is 11.0 Å². The Kier molecular flexibility index (Phi) is 3.38. The Morgan fingerprint density at radius 2 is 2.57 bits per heavy atom. The highest BCUT2D eigenvalue weighted by molar-refractivity contribution is 8.17. The molecule has 0 rings (SSSR count). The first-order valence-corrected chi connectivity index (χ1v) is 2.41. The fourth-order valence-electron chi connectivity index (χ4n) is 0.0926. The minimum Gasteiger partial charge on any atom is -0.323 e. The van der Waals surface area contributed by atoms with E-state index in [1.165, 1.54) is 0 Å². The van der Waals surface area contributed by atoms with Crippen molar-refractivity contribution >= 4 is 16.9 Å². The highest BCUT2D eigenvalue weighted by atomic mass is 32.2. The summed E-state index contributed by atoms with van der Waals surface area (Å²) in [6.45, 7) is -0.0573. The lowest BCUT2D eigenvalue weighted by Gasteiger charge is -1.78. The fourth-order valence-corrected chi connectivity index (χ4v) is 0.278. The molecule has 3 nitrogen and oxygen atoms in total. The monoisotopic (exact) mass is 116 g/mol. The molecule has 0 aromatic rings. The molecule has 7 heavy (non-hydrogen) atoms. The molecule has 0 aromatic heterocycles. The van der Waals surface area contributed by atoms with E-state index >= 15 is 0 Å². The summed E-state index contributed by atoms with van der Waals surface area (Å²) in [7, 11) is 0. The minimum absolute atomic E-state index is 0.0573. The second-order valence-corrected chi connectivity index (χ2v) is 1.61. The molecule has 0 heterocycles. The van der Waals surface area contributed by atoms with Gasteiger partial charge in [-0.1, -0.05) is 0 Å². The maximum Gasteiger partial charge on any atom is 0.216 e. The summed E-state index contributed by atoms with van der Waals surface area (Å²) in [5, 5.41) is 9.12. The average molecular weight is 116 g/mol. The number of nitrogens with two attached hydrogens (primary N) is 1. The zero-order valence-corrected chi connectivity index (χ0v) is 4.36. The molecule has 0 aliphatic heterocycles. The van der Waals surface area contributed by atoms with Crippen molar-refractivity contribution < 1.29 is 4.79 Å². The van der Waals surface area contributed by atoms with Crippen LogP contribution >= 0.6 is 11.8 Å². The molecule has 0 fully saturated rings. The highest BCUT2D eigenvalue weighted by Gasteiger charge is 1.93. The Bertz CT molecular complexity index is 106. The first-order chi connectivity index (χ1) is 3.31. The van der Waals surface area contributed by atoms with Gasteiger partial charge >= 0.3 is 0 Å². The fraction of sp³-hybridized carbons (Fsp3) is 0.333. The molecule has 0 atom stereocenters. The van der Waals surface area contributed by atoms with Crippen molar-refractivity contribution in [1.82, 2.24) is 0 Å². The van der Waals surface area contributed by atoms with Crippen molar-refractivity contribution in [2.24, 2.45) is 5.73 Å². The molecule has 0 saturated heterocycles. The van der Waals surface area contributed by atoms with Gasteiger partial charge in [-0.2, -0.15) is 5.26 Å². The van der Waals surface area contributed by atoms with Crippen LogP contribution in [0.3, 0.4) is 0 Å². The molecule has 0 amide bonds. The third-order valence-corrected chi connectivity index (χ3v) is 0.812. The van der Waals surface area contributed by atoms with E-state index in [1.807, 2.05) is 0 Å². The van der Waals surface area contributed by atoms with E-state index in [1.54, 1.807) is 5.40 Å². The molecule has 0 spiro atoms. The van der Waals surface area contributed by atoms with Crippen LogP contribution in [0.4, 0.5) is 0 Å². The lowest BCUT2D eigenvalue weighted by molar-refractivity contribution is -0.109. The standard InChI is InChI=1S/C3H4N2OS/c4-1-3(6)7-2-5/h1,4H2. The quantitative estimate of drug-likeness (QED) is 0.477. The second kappa shape index (κ2) is 3.65. The first-order valence-electron chi connectivity index (χ1n) is 1.60. The third kappa shape index (κ3) is 3.30. The van der Waals surface area contributed by atoms with Gasteiger partial charge in [0, 0.05) is 11.8 Å². The summed E-state index contributed by atoms with van der Waals surface area (Å²) in [5.41, 5.74) is 4.84. The number of carbonyl (C=O) groups is 1. The molecule has 2 N–H and O–H groups in total. The van der Waals surface area contributed by atoms with Crippen LogP contribution in [-0.2, 0) is 4.79 Å². The predicted octanol–water partition coefficient (Wildman–Crippen LogP) is -0.314. The van der Waals surface area contributed by atoms with Crippen LogP contribution in [0.25, 0.3) is 0 Å². The van der Waals surface area contributed by atoms with Crippen molar-refractivity contribution in [1.29, 1.82) is 5.26 Å². The Labute approximate surface area is 45.5 Å². The van der Waals surface area contributed by atoms with Crippen molar-refractivity contribution in [3.8, 4) is 5.40 Å². The molecular formula is C3H4N2OS. The minimum atomic E-state index is -0.289. The number of rotatable bonds is 1. The number of hydrogen-bond donors (Lipinski definition) is 1. The van der Waals surface area contributed by atoms with Gasteiger partial charge in [0.15, 0.2) is 0 Å². The molecule has 0 radical (unpaired) electrons. The molecule has 0 aliphatic rings. The summed E-state index contributed by atoms with van der Waals surface area (Å²) in [6, 6.07) is 0. The molecule has 0 saturated carbocycles. The molecule has 0 aliphatic carbocycles. The molecule has 4 heteroatoms. The van der Waals surface area contributed by atoms with E-state index in [2.05, 4.69) is 0 Å². The van der Waals surface area contributed by atoms with Gasteiger partial charge in [-0.3, -0.25) is 4.79 Å². The number of thioether (sulfide) groups is 1. The molecule has 0 unspecified atom stereocenters. The van der Waals surface area contributed by atoms with Crippen LogP contribution in [-0.4, -0.2) is 11.7 Å². The maximum atomic E-state index is 10.0. The van der Waals surface area contributed by atoms with Gasteiger partial charge in [-0.15, -0.1) is 0 Å². The van der Waals surface area contributed by atoms with E-state index < -0.39 is 0 Å². The van der Waals surface area contributed by atoms with Gasteiger partial charge < -0.3 is 5.73 Å². The largest absolute Gasteiger partial charge is 0.323 e. The van der Waals surface area contributed by atoms with Crippen LogP contribution in [0, 0.1) is 10.7 Å². The average Bonchev–Trinajstić information content (AvgIpc) is 1.68. The van der Waals surface area contributed by atoms with Crippen LogP contribution in [0.5, 0.6) is 0 Å². The van der Waals surface area contributed by atoms with Crippen molar-refractivity contribution in [2.45, 2.75) is 0 Å². The molecule has 0 bridgehead atoms. The van der Waals surface area contributed by atoms with Gasteiger partial charge in [-0.25, -0.2) is 0 Å². The normalized spacial score (nSPS) is 7.43. The predicted molar refractivity (Wildman–Crippen MR) is 27.3 cm³/mol. The highest BCUT2D eigenvalue weighted by Crippen LogP contribution is 1.93. The number of thiocyanates is 1. The van der Waals surface area contributed by atoms with Gasteiger partial charge in [0.05, 0.1) is 6.54 Å². The van der Waals surface area contributed by atoms with Crippen molar-refractivity contribution in [3.05, 3.63) is 0 Å². The van der Waals surface area contributed by atoms with Gasteiger partial charge in [-0.05, 0) is 0 Å². The summed E-state index contributed by atoms with van der Waals surface area (Å²) in [5.74, 6) is 0. The van der Waals surface area contributed by atoms with E-state index in [-0.39, 0.29) is 11.7 Å². The van der Waals surface area contributed by atoms with E-state index in [9.17, 15) is 4.79 Å². The first kappa shape index (κ1) is 6.47. The Morgan fingerprint density at radius 3 is 2.71 bits per heavy atom.